The largest absolute Gasteiger partial charge is 0.313 e. The third kappa shape index (κ3) is 4.16. The molecule has 1 fully saturated rings. The van der Waals surface area contributed by atoms with Gasteiger partial charge in [-0.05, 0) is 12.8 Å². The number of nitriles is 1. The van der Waals surface area contributed by atoms with Gasteiger partial charge in [0.1, 0.15) is 0 Å². The number of hydrogen-bond acceptors (Lipinski definition) is 4. The van der Waals surface area contributed by atoms with Gasteiger partial charge in [0.2, 0.25) is 10.0 Å². The molecule has 0 aromatic heterocycles. The van der Waals surface area contributed by atoms with E-state index in [1.165, 1.54) is 10.6 Å². The maximum Gasteiger partial charge on any atom is 0.211 e. The average Bonchev–Trinajstić information content (AvgIpc) is 2.18. The van der Waals surface area contributed by atoms with Gasteiger partial charge >= 0.3 is 0 Å². The van der Waals surface area contributed by atoms with Crippen molar-refractivity contribution in [3.8, 4) is 6.07 Å². The number of nitrogens with zero attached hydrogens (tertiary/aromatic N) is 2. The molecule has 0 aromatic carbocycles. The molecule has 1 rings (SSSR count). The molecule has 1 aliphatic heterocycles. The van der Waals surface area contributed by atoms with Crippen molar-refractivity contribution in [2.24, 2.45) is 0 Å². The zero-order valence-electron chi connectivity index (χ0n) is 8.94. The molecule has 1 N–H and O–H groups in total. The number of hydrogen-bond donors (Lipinski definition) is 1. The molecule has 5 nitrogen and oxygen atoms in total. The molecule has 1 saturated heterocycles. The fourth-order valence-electron chi connectivity index (χ4n) is 1.72. The fraction of sp³-hybridized carbons (Fsp3) is 0.889. The molecule has 1 heterocycles. The summed E-state index contributed by atoms with van der Waals surface area (Å²) in [5.41, 5.74) is 0. The minimum Gasteiger partial charge on any atom is -0.313 e. The summed E-state index contributed by atoms with van der Waals surface area (Å²) in [7, 11) is -3.02. The third-order valence-electron chi connectivity index (χ3n) is 2.59. The van der Waals surface area contributed by atoms with Crippen LogP contribution in [0, 0.1) is 11.3 Å². The predicted molar refractivity (Wildman–Crippen MR) is 57.7 cm³/mol. The van der Waals surface area contributed by atoms with Gasteiger partial charge in [-0.25, -0.2) is 12.7 Å². The maximum atomic E-state index is 11.2. The summed E-state index contributed by atoms with van der Waals surface area (Å²) in [6.07, 6.45) is 3.42. The fourth-order valence-corrected chi connectivity index (χ4v) is 2.60. The van der Waals surface area contributed by atoms with E-state index in [0.29, 0.717) is 32.1 Å². The SMILES string of the molecule is CS(=O)(=O)N1CCC(NCCC#N)CC1. The first-order valence-corrected chi connectivity index (χ1v) is 6.94. The Labute approximate surface area is 91.1 Å². The molecular weight excluding hydrogens is 214 g/mol. The Morgan fingerprint density at radius 2 is 2.07 bits per heavy atom. The molecule has 0 spiro atoms. The van der Waals surface area contributed by atoms with E-state index in [0.717, 1.165) is 12.8 Å². The van der Waals surface area contributed by atoms with Crippen LogP contribution in [0.25, 0.3) is 0 Å². The van der Waals surface area contributed by atoms with Crippen molar-refractivity contribution in [2.45, 2.75) is 25.3 Å². The van der Waals surface area contributed by atoms with Gasteiger partial charge < -0.3 is 5.32 Å². The lowest BCUT2D eigenvalue weighted by Gasteiger charge is -2.30. The minimum absolute atomic E-state index is 0.358. The van der Waals surface area contributed by atoms with Crippen LogP contribution in [-0.4, -0.2) is 44.7 Å². The molecule has 1 aliphatic rings. The van der Waals surface area contributed by atoms with E-state index in [2.05, 4.69) is 11.4 Å². The quantitative estimate of drug-likeness (QED) is 0.686. The highest BCUT2D eigenvalue weighted by molar-refractivity contribution is 7.88. The lowest BCUT2D eigenvalue weighted by molar-refractivity contribution is 0.292. The van der Waals surface area contributed by atoms with Crippen LogP contribution in [0.5, 0.6) is 0 Å². The third-order valence-corrected chi connectivity index (χ3v) is 3.90. The molecule has 15 heavy (non-hydrogen) atoms. The van der Waals surface area contributed by atoms with E-state index in [1.54, 1.807) is 0 Å². The zero-order chi connectivity index (χ0) is 11.3. The summed E-state index contributed by atoms with van der Waals surface area (Å²) in [6.45, 7) is 1.87. The Hall–Kier alpha value is -0.640. The first-order chi connectivity index (χ1) is 7.04. The lowest BCUT2D eigenvalue weighted by atomic mass is 10.1. The molecule has 0 aromatic rings. The molecule has 0 saturated carbocycles. The van der Waals surface area contributed by atoms with Gasteiger partial charge in [-0.1, -0.05) is 0 Å². The number of sulfonamides is 1. The van der Waals surface area contributed by atoms with Crippen molar-refractivity contribution < 1.29 is 8.42 Å². The van der Waals surface area contributed by atoms with E-state index in [-0.39, 0.29) is 0 Å². The van der Waals surface area contributed by atoms with Gasteiger partial charge in [0, 0.05) is 32.1 Å². The summed E-state index contributed by atoms with van der Waals surface area (Å²) in [4.78, 5) is 0. The van der Waals surface area contributed by atoms with Gasteiger partial charge in [-0.15, -0.1) is 0 Å². The Kier molecular flexibility index (Phi) is 4.51. The van der Waals surface area contributed by atoms with Crippen LogP contribution >= 0.6 is 0 Å². The number of nitrogens with one attached hydrogen (secondary N) is 1. The topological polar surface area (TPSA) is 73.2 Å². The van der Waals surface area contributed by atoms with E-state index in [1.807, 2.05) is 0 Å². The van der Waals surface area contributed by atoms with Crippen molar-refractivity contribution in [3.63, 3.8) is 0 Å². The normalized spacial score (nSPS) is 20.0. The van der Waals surface area contributed by atoms with E-state index in [9.17, 15) is 8.42 Å². The first-order valence-electron chi connectivity index (χ1n) is 5.09. The van der Waals surface area contributed by atoms with Crippen molar-refractivity contribution in [1.82, 2.24) is 9.62 Å². The maximum absolute atomic E-state index is 11.2. The second kappa shape index (κ2) is 5.45. The molecular formula is C9H17N3O2S. The van der Waals surface area contributed by atoms with Crippen LogP contribution in [-0.2, 0) is 10.0 Å². The van der Waals surface area contributed by atoms with Crippen molar-refractivity contribution in [1.29, 1.82) is 5.26 Å². The second-order valence-corrected chi connectivity index (χ2v) is 5.78. The lowest BCUT2D eigenvalue weighted by Crippen LogP contribution is -2.44. The van der Waals surface area contributed by atoms with Crippen molar-refractivity contribution >= 4 is 10.0 Å². The number of rotatable bonds is 4. The highest BCUT2D eigenvalue weighted by Crippen LogP contribution is 2.12. The predicted octanol–water partition coefficient (Wildman–Crippen LogP) is -0.0863. The summed E-state index contributed by atoms with van der Waals surface area (Å²) >= 11 is 0. The molecule has 0 amide bonds. The van der Waals surface area contributed by atoms with Crippen LogP contribution in [0.2, 0.25) is 0 Å². The van der Waals surface area contributed by atoms with Gasteiger partial charge in [0.25, 0.3) is 0 Å². The standard InChI is InChI=1S/C9H17N3O2S/c1-15(13,14)12-7-3-9(4-8-12)11-6-2-5-10/h9,11H,2-4,6-8H2,1H3. The average molecular weight is 231 g/mol. The van der Waals surface area contributed by atoms with Crippen LogP contribution in [0.4, 0.5) is 0 Å². The van der Waals surface area contributed by atoms with Crippen LogP contribution in [0.3, 0.4) is 0 Å². The van der Waals surface area contributed by atoms with Crippen molar-refractivity contribution in [3.05, 3.63) is 0 Å². The molecule has 6 heteroatoms. The first kappa shape index (κ1) is 12.4. The van der Waals surface area contributed by atoms with E-state index >= 15 is 0 Å². The Balaban J connectivity index is 2.28. The van der Waals surface area contributed by atoms with Gasteiger partial charge in [-0.2, -0.15) is 5.26 Å². The minimum atomic E-state index is -3.02. The molecule has 0 aliphatic carbocycles. The molecule has 0 radical (unpaired) electrons. The summed E-state index contributed by atoms with van der Waals surface area (Å²) in [5, 5.41) is 11.6. The zero-order valence-corrected chi connectivity index (χ0v) is 9.76. The molecule has 0 unspecified atom stereocenters. The van der Waals surface area contributed by atoms with Crippen LogP contribution in [0.15, 0.2) is 0 Å². The van der Waals surface area contributed by atoms with Crippen LogP contribution < -0.4 is 5.32 Å². The summed E-state index contributed by atoms with van der Waals surface area (Å²) < 4.78 is 23.9. The van der Waals surface area contributed by atoms with Gasteiger partial charge in [-0.3, -0.25) is 0 Å². The second-order valence-electron chi connectivity index (χ2n) is 3.80. The summed E-state index contributed by atoms with van der Waals surface area (Å²) in [5.74, 6) is 0. The highest BCUT2D eigenvalue weighted by Gasteiger charge is 2.24. The smallest absolute Gasteiger partial charge is 0.211 e. The Morgan fingerprint density at radius 1 is 1.47 bits per heavy atom. The molecule has 0 bridgehead atoms. The van der Waals surface area contributed by atoms with Gasteiger partial charge in [0.05, 0.1) is 12.3 Å². The monoisotopic (exact) mass is 231 g/mol. The van der Waals surface area contributed by atoms with Crippen molar-refractivity contribution in [2.75, 3.05) is 25.9 Å². The highest BCUT2D eigenvalue weighted by atomic mass is 32.2. The Bertz CT molecular complexity index is 326. The van der Waals surface area contributed by atoms with Gasteiger partial charge in [0.15, 0.2) is 0 Å². The summed E-state index contributed by atoms with van der Waals surface area (Å²) in [6, 6.07) is 2.43. The Morgan fingerprint density at radius 3 is 2.53 bits per heavy atom. The van der Waals surface area contributed by atoms with E-state index < -0.39 is 10.0 Å². The van der Waals surface area contributed by atoms with E-state index in [4.69, 9.17) is 5.26 Å². The molecule has 0 atom stereocenters. The number of piperidine rings is 1. The van der Waals surface area contributed by atoms with Crippen LogP contribution in [0.1, 0.15) is 19.3 Å². The molecule has 86 valence electrons.